The van der Waals surface area contributed by atoms with Crippen LogP contribution in [0.1, 0.15) is 12.5 Å². The van der Waals surface area contributed by atoms with Crippen LogP contribution >= 0.6 is 0 Å². The van der Waals surface area contributed by atoms with E-state index >= 15 is 0 Å². The number of amides is 3. The van der Waals surface area contributed by atoms with Gasteiger partial charge in [0.1, 0.15) is 5.92 Å². The fourth-order valence-corrected chi connectivity index (χ4v) is 2.97. The van der Waals surface area contributed by atoms with Crippen LogP contribution < -0.4 is 4.90 Å². The van der Waals surface area contributed by atoms with Crippen molar-refractivity contribution < 1.29 is 23.9 Å². The lowest BCUT2D eigenvalue weighted by molar-refractivity contribution is -0.136. The van der Waals surface area contributed by atoms with Crippen LogP contribution in [0.25, 0.3) is 0 Å². The van der Waals surface area contributed by atoms with Crippen LogP contribution in [-0.4, -0.2) is 47.6 Å². The lowest BCUT2D eigenvalue weighted by Gasteiger charge is -2.19. The van der Waals surface area contributed by atoms with E-state index in [0.29, 0.717) is 5.69 Å². The molecule has 1 aromatic rings. The number of esters is 1. The van der Waals surface area contributed by atoms with Crippen LogP contribution in [0.5, 0.6) is 0 Å². The first-order chi connectivity index (χ1) is 11.4. The molecule has 124 valence electrons. The molecule has 24 heavy (non-hydrogen) atoms. The highest BCUT2D eigenvalue weighted by Crippen LogP contribution is 2.35. The fraction of sp³-hybridized carbons (Fsp3) is 0.312. The van der Waals surface area contributed by atoms with E-state index in [4.69, 9.17) is 0 Å². The van der Waals surface area contributed by atoms with Crippen molar-refractivity contribution in [2.24, 2.45) is 11.0 Å². The molecular formula is C16H15N3O5. The molecule has 0 aromatic heterocycles. The highest BCUT2D eigenvalue weighted by molar-refractivity contribution is 6.47. The van der Waals surface area contributed by atoms with Crippen molar-refractivity contribution >= 4 is 35.1 Å². The van der Waals surface area contributed by atoms with Gasteiger partial charge in [0.25, 0.3) is 5.91 Å². The van der Waals surface area contributed by atoms with E-state index < -0.39 is 35.7 Å². The van der Waals surface area contributed by atoms with Crippen molar-refractivity contribution in [2.45, 2.75) is 19.9 Å². The van der Waals surface area contributed by atoms with E-state index in [0.717, 1.165) is 22.6 Å². The molecule has 2 heterocycles. The van der Waals surface area contributed by atoms with Crippen molar-refractivity contribution in [1.82, 2.24) is 5.01 Å². The van der Waals surface area contributed by atoms with E-state index in [1.165, 1.54) is 6.92 Å². The number of nitrogens with zero attached hydrogens (tertiary/aromatic N) is 3. The Labute approximate surface area is 137 Å². The monoisotopic (exact) mass is 329 g/mol. The number of anilines is 1. The summed E-state index contributed by atoms with van der Waals surface area (Å²) < 4.78 is 4.62. The molecule has 0 bridgehead atoms. The summed E-state index contributed by atoms with van der Waals surface area (Å²) in [5, 5.41) is 4.73. The summed E-state index contributed by atoms with van der Waals surface area (Å²) in [5.41, 5.74) is 1.04. The molecule has 1 fully saturated rings. The quantitative estimate of drug-likeness (QED) is 0.572. The molecule has 2 aliphatic heterocycles. The van der Waals surface area contributed by atoms with Gasteiger partial charge in [-0.05, 0) is 24.6 Å². The average Bonchev–Trinajstić information content (AvgIpc) is 3.05. The number of aryl methyl sites for hydroxylation is 1. The van der Waals surface area contributed by atoms with Crippen LogP contribution in [0.2, 0.25) is 0 Å². The van der Waals surface area contributed by atoms with Crippen molar-refractivity contribution in [2.75, 3.05) is 12.0 Å². The van der Waals surface area contributed by atoms with Gasteiger partial charge < -0.3 is 4.74 Å². The van der Waals surface area contributed by atoms with Gasteiger partial charge in [-0.1, -0.05) is 12.1 Å². The number of hydrogen-bond acceptors (Lipinski definition) is 6. The first-order valence-corrected chi connectivity index (χ1v) is 7.28. The predicted molar refractivity (Wildman–Crippen MR) is 82.9 cm³/mol. The normalized spacial score (nSPS) is 22.5. The Morgan fingerprint density at radius 2 is 1.92 bits per heavy atom. The third-order valence-corrected chi connectivity index (χ3v) is 4.03. The summed E-state index contributed by atoms with van der Waals surface area (Å²) in [6.45, 7) is 3.05. The number of benzene rings is 1. The number of ether oxygens (including phenoxy) is 1. The molecule has 1 saturated heterocycles. The topological polar surface area (TPSA) is 96.3 Å². The number of imide groups is 1. The SMILES string of the molecule is COC(=O)C1=NN(C(C)=O)[C@H]2C(=O)N(c3cccc(C)c3)C(=O)[C@H]12. The fourth-order valence-electron chi connectivity index (χ4n) is 2.97. The zero-order chi connectivity index (χ0) is 17.6. The Bertz CT molecular complexity index is 801. The molecule has 0 spiro atoms. The van der Waals surface area contributed by atoms with Crippen molar-refractivity contribution in [3.8, 4) is 0 Å². The summed E-state index contributed by atoms with van der Waals surface area (Å²) in [6.07, 6.45) is 0. The van der Waals surface area contributed by atoms with E-state index in [9.17, 15) is 19.2 Å². The van der Waals surface area contributed by atoms with Gasteiger partial charge in [-0.15, -0.1) is 0 Å². The molecule has 3 amide bonds. The lowest BCUT2D eigenvalue weighted by atomic mass is 9.98. The minimum absolute atomic E-state index is 0.230. The molecule has 2 aliphatic rings. The molecular weight excluding hydrogens is 314 g/mol. The Morgan fingerprint density at radius 1 is 1.21 bits per heavy atom. The summed E-state index contributed by atoms with van der Waals surface area (Å²) in [4.78, 5) is 50.2. The van der Waals surface area contributed by atoms with Gasteiger partial charge in [-0.3, -0.25) is 14.4 Å². The maximum Gasteiger partial charge on any atom is 0.355 e. The van der Waals surface area contributed by atoms with Crippen molar-refractivity contribution in [3.63, 3.8) is 0 Å². The standard InChI is InChI=1S/C16H15N3O5/c1-8-5-4-6-10(7-8)18-14(21)11-12(16(23)24-3)17-19(9(2)20)13(11)15(18)22/h4-7,11,13H,1-3H3/t11-,13-/m1/s1. The summed E-state index contributed by atoms with van der Waals surface area (Å²) in [6, 6.07) is 5.71. The number of hydrazone groups is 1. The molecule has 0 N–H and O–H groups in total. The average molecular weight is 329 g/mol. The Balaban J connectivity index is 2.07. The van der Waals surface area contributed by atoms with E-state index in [-0.39, 0.29) is 5.71 Å². The Hall–Kier alpha value is -3.03. The highest BCUT2D eigenvalue weighted by atomic mass is 16.5. The molecule has 0 saturated carbocycles. The van der Waals surface area contributed by atoms with E-state index in [1.54, 1.807) is 18.2 Å². The molecule has 8 heteroatoms. The highest BCUT2D eigenvalue weighted by Gasteiger charge is 2.59. The molecule has 2 atom stereocenters. The second-order valence-corrected chi connectivity index (χ2v) is 5.61. The lowest BCUT2D eigenvalue weighted by Crippen LogP contribution is -2.41. The predicted octanol–water partition coefficient (Wildman–Crippen LogP) is 0.244. The zero-order valence-corrected chi connectivity index (χ0v) is 13.3. The molecule has 1 aromatic carbocycles. The first-order valence-electron chi connectivity index (χ1n) is 7.28. The minimum Gasteiger partial charge on any atom is -0.464 e. The third-order valence-electron chi connectivity index (χ3n) is 4.03. The minimum atomic E-state index is -1.15. The number of carbonyl (C=O) groups is 4. The van der Waals surface area contributed by atoms with Gasteiger partial charge >= 0.3 is 5.97 Å². The zero-order valence-electron chi connectivity index (χ0n) is 13.3. The van der Waals surface area contributed by atoms with Gasteiger partial charge in [0.2, 0.25) is 11.8 Å². The van der Waals surface area contributed by atoms with Gasteiger partial charge in [-0.2, -0.15) is 5.10 Å². The Kier molecular flexibility index (Phi) is 3.67. The van der Waals surface area contributed by atoms with Crippen LogP contribution in [0.3, 0.4) is 0 Å². The summed E-state index contributed by atoms with van der Waals surface area (Å²) in [5.74, 6) is -3.69. The number of hydrogen-bond donors (Lipinski definition) is 0. The Morgan fingerprint density at radius 3 is 2.50 bits per heavy atom. The smallest absolute Gasteiger partial charge is 0.355 e. The third kappa shape index (κ3) is 2.18. The molecule has 0 aliphatic carbocycles. The maximum atomic E-state index is 12.8. The largest absolute Gasteiger partial charge is 0.464 e. The van der Waals surface area contributed by atoms with Crippen LogP contribution in [0.4, 0.5) is 5.69 Å². The maximum absolute atomic E-state index is 12.8. The van der Waals surface area contributed by atoms with Crippen molar-refractivity contribution in [1.29, 1.82) is 0 Å². The summed E-state index contributed by atoms with van der Waals surface area (Å²) >= 11 is 0. The second kappa shape index (κ2) is 5.55. The van der Waals surface area contributed by atoms with Gasteiger partial charge in [0.05, 0.1) is 12.8 Å². The summed E-state index contributed by atoms with van der Waals surface area (Å²) in [7, 11) is 1.15. The van der Waals surface area contributed by atoms with Crippen molar-refractivity contribution in [3.05, 3.63) is 29.8 Å². The first kappa shape index (κ1) is 15.9. The van der Waals surface area contributed by atoms with E-state index in [2.05, 4.69) is 9.84 Å². The molecule has 0 radical (unpaired) electrons. The van der Waals surface area contributed by atoms with Crippen LogP contribution in [-0.2, 0) is 23.9 Å². The molecule has 0 unspecified atom stereocenters. The van der Waals surface area contributed by atoms with Crippen LogP contribution in [0, 0.1) is 12.8 Å². The van der Waals surface area contributed by atoms with Gasteiger partial charge in [0.15, 0.2) is 11.8 Å². The van der Waals surface area contributed by atoms with Crippen LogP contribution in [0.15, 0.2) is 29.4 Å². The van der Waals surface area contributed by atoms with Gasteiger partial charge in [-0.25, -0.2) is 14.7 Å². The molecule has 8 nitrogen and oxygen atoms in total. The second-order valence-electron chi connectivity index (χ2n) is 5.61. The number of rotatable bonds is 2. The molecule has 3 rings (SSSR count). The number of methoxy groups -OCH3 is 1. The number of carbonyl (C=O) groups excluding carboxylic acids is 4. The van der Waals surface area contributed by atoms with E-state index in [1.807, 2.05) is 13.0 Å². The number of fused-ring (bicyclic) bond motifs is 1. The van der Waals surface area contributed by atoms with Gasteiger partial charge in [0, 0.05) is 6.92 Å².